The van der Waals surface area contributed by atoms with E-state index >= 15 is 0 Å². The fourth-order valence-electron chi connectivity index (χ4n) is 2.73. The number of hydrogen-bond acceptors (Lipinski definition) is 5. The molecule has 0 bridgehead atoms. The van der Waals surface area contributed by atoms with Crippen molar-refractivity contribution in [3.05, 3.63) is 83.9 Å². The summed E-state index contributed by atoms with van der Waals surface area (Å²) in [6.07, 6.45) is 0. The number of hydrogen-bond donors (Lipinski definition) is 2. The predicted molar refractivity (Wildman–Crippen MR) is 117 cm³/mol. The van der Waals surface area contributed by atoms with E-state index in [1.165, 1.54) is 0 Å². The molecule has 0 saturated carbocycles. The van der Waals surface area contributed by atoms with Crippen molar-refractivity contribution in [1.29, 1.82) is 0 Å². The van der Waals surface area contributed by atoms with Crippen molar-refractivity contribution in [3.63, 3.8) is 0 Å². The third kappa shape index (κ3) is 6.10. The van der Waals surface area contributed by atoms with Gasteiger partial charge in [0.05, 0.1) is 0 Å². The number of ether oxygens (including phenoxy) is 2. The fraction of sp³-hybridized carbons (Fsp3) is 0.167. The van der Waals surface area contributed by atoms with E-state index in [1.54, 1.807) is 12.1 Å². The Hall–Kier alpha value is -3.80. The lowest BCUT2D eigenvalue weighted by molar-refractivity contribution is -0.149. The third-order valence-electron chi connectivity index (χ3n) is 4.52. The molecule has 3 rings (SSSR count). The molecule has 0 fully saturated rings. The van der Waals surface area contributed by atoms with Crippen molar-refractivity contribution in [1.82, 2.24) is 0 Å². The van der Waals surface area contributed by atoms with E-state index in [-0.39, 0.29) is 13.2 Å². The zero-order chi connectivity index (χ0) is 21.3. The van der Waals surface area contributed by atoms with Crippen LogP contribution in [0, 0.1) is 13.8 Å². The summed E-state index contributed by atoms with van der Waals surface area (Å²) in [5, 5.41) is 6.01. The van der Waals surface area contributed by atoms with E-state index in [9.17, 15) is 9.59 Å². The number of amides is 1. The Kier molecular flexibility index (Phi) is 7.05. The van der Waals surface area contributed by atoms with E-state index in [2.05, 4.69) is 10.6 Å². The molecular weight excluding hydrogens is 380 g/mol. The number of aryl methyl sites for hydroxylation is 1. The van der Waals surface area contributed by atoms with Gasteiger partial charge in [0.2, 0.25) is 0 Å². The maximum Gasteiger partial charge on any atom is 0.344 e. The van der Waals surface area contributed by atoms with Crippen LogP contribution in [0.5, 0.6) is 5.75 Å². The molecule has 0 radical (unpaired) electrons. The number of para-hydroxylation sites is 1. The molecule has 0 aliphatic rings. The largest absolute Gasteiger partial charge is 0.482 e. The minimum atomic E-state index is -0.613. The lowest BCUT2D eigenvalue weighted by atomic mass is 10.1. The summed E-state index contributed by atoms with van der Waals surface area (Å²) in [7, 11) is 0. The van der Waals surface area contributed by atoms with Gasteiger partial charge in [-0.1, -0.05) is 30.3 Å². The molecule has 3 aromatic rings. The topological polar surface area (TPSA) is 76.7 Å². The third-order valence-corrected chi connectivity index (χ3v) is 4.52. The second-order valence-corrected chi connectivity index (χ2v) is 6.76. The van der Waals surface area contributed by atoms with Crippen molar-refractivity contribution in [2.75, 3.05) is 23.8 Å². The molecule has 0 aromatic heterocycles. The Balaban J connectivity index is 1.41. The summed E-state index contributed by atoms with van der Waals surface area (Å²) in [5.74, 6) is -0.476. The lowest BCUT2D eigenvalue weighted by Crippen LogP contribution is -2.24. The molecule has 0 aliphatic carbocycles. The van der Waals surface area contributed by atoms with Gasteiger partial charge in [0.25, 0.3) is 5.91 Å². The molecule has 0 unspecified atom stereocenters. The molecule has 0 aliphatic heterocycles. The number of carbonyl (C=O) groups is 2. The number of nitrogens with one attached hydrogen (secondary N) is 2. The van der Waals surface area contributed by atoms with Gasteiger partial charge < -0.3 is 20.1 Å². The first-order valence-electron chi connectivity index (χ1n) is 9.58. The van der Waals surface area contributed by atoms with E-state index in [0.29, 0.717) is 11.4 Å². The summed E-state index contributed by atoms with van der Waals surface area (Å²) in [5.41, 5.74) is 4.64. The average Bonchev–Trinajstić information content (AvgIpc) is 2.76. The Labute approximate surface area is 175 Å². The van der Waals surface area contributed by atoms with Crippen LogP contribution in [0.3, 0.4) is 0 Å². The maximum atomic E-state index is 12.0. The second-order valence-electron chi connectivity index (χ2n) is 6.76. The first-order chi connectivity index (χ1) is 14.5. The molecule has 154 valence electrons. The summed E-state index contributed by atoms with van der Waals surface area (Å²) in [6, 6.07) is 22.6. The summed E-state index contributed by atoms with van der Waals surface area (Å²) in [4.78, 5) is 23.9. The number of esters is 1. The number of carbonyl (C=O) groups excluding carboxylic acids is 2. The Morgan fingerprint density at radius 1 is 0.800 bits per heavy atom. The highest BCUT2D eigenvalue weighted by Crippen LogP contribution is 2.20. The summed E-state index contributed by atoms with van der Waals surface area (Å²) in [6.45, 7) is 3.25. The van der Waals surface area contributed by atoms with Gasteiger partial charge in [0, 0.05) is 17.1 Å². The summed E-state index contributed by atoms with van der Waals surface area (Å²) >= 11 is 0. The number of anilines is 3. The van der Waals surface area contributed by atoms with Crippen LogP contribution in [0.25, 0.3) is 0 Å². The molecule has 0 saturated heterocycles. The van der Waals surface area contributed by atoms with E-state index in [0.717, 1.165) is 22.5 Å². The molecular formula is C24H24N2O4. The predicted octanol–water partition coefficient (Wildman–Crippen LogP) is 4.61. The van der Waals surface area contributed by atoms with Crippen molar-refractivity contribution >= 4 is 28.9 Å². The summed E-state index contributed by atoms with van der Waals surface area (Å²) < 4.78 is 10.4. The second kappa shape index (κ2) is 10.1. The van der Waals surface area contributed by atoms with Crippen LogP contribution in [-0.2, 0) is 14.3 Å². The molecule has 0 atom stereocenters. The van der Waals surface area contributed by atoms with Gasteiger partial charge in [-0.3, -0.25) is 4.79 Å². The van der Waals surface area contributed by atoms with Crippen LogP contribution in [-0.4, -0.2) is 25.1 Å². The smallest absolute Gasteiger partial charge is 0.344 e. The Morgan fingerprint density at radius 3 is 2.23 bits per heavy atom. The number of benzene rings is 3. The number of rotatable bonds is 8. The minimum Gasteiger partial charge on any atom is -0.482 e. The van der Waals surface area contributed by atoms with E-state index in [1.807, 2.05) is 74.5 Å². The van der Waals surface area contributed by atoms with Gasteiger partial charge in [-0.15, -0.1) is 0 Å². The molecule has 0 spiro atoms. The van der Waals surface area contributed by atoms with Gasteiger partial charge in [-0.05, 0) is 67.4 Å². The highest BCUT2D eigenvalue weighted by atomic mass is 16.6. The van der Waals surface area contributed by atoms with Crippen molar-refractivity contribution < 1.29 is 19.1 Å². The standard InChI is InChI=1S/C24H24N2O4/c1-17-7-6-10-22(18(17)2)26-23(27)15-30-24(28)16-29-21-13-11-20(12-14-21)25-19-8-4-3-5-9-19/h3-14,25H,15-16H2,1-2H3,(H,26,27). The normalized spacial score (nSPS) is 10.2. The van der Waals surface area contributed by atoms with Crippen LogP contribution in [0.1, 0.15) is 11.1 Å². The van der Waals surface area contributed by atoms with Gasteiger partial charge in [-0.2, -0.15) is 0 Å². The molecule has 1 amide bonds. The van der Waals surface area contributed by atoms with Crippen molar-refractivity contribution in [2.24, 2.45) is 0 Å². The molecule has 0 heterocycles. The zero-order valence-corrected chi connectivity index (χ0v) is 17.0. The first-order valence-corrected chi connectivity index (χ1v) is 9.58. The Morgan fingerprint density at radius 2 is 1.50 bits per heavy atom. The SMILES string of the molecule is Cc1cccc(NC(=O)COC(=O)COc2ccc(Nc3ccccc3)cc2)c1C. The van der Waals surface area contributed by atoms with E-state index < -0.39 is 11.9 Å². The molecule has 3 aromatic carbocycles. The minimum absolute atomic E-state index is 0.276. The quantitative estimate of drug-likeness (QED) is 0.536. The highest BCUT2D eigenvalue weighted by molar-refractivity contribution is 5.93. The van der Waals surface area contributed by atoms with E-state index in [4.69, 9.17) is 9.47 Å². The van der Waals surface area contributed by atoms with Gasteiger partial charge in [-0.25, -0.2) is 4.79 Å². The van der Waals surface area contributed by atoms with Crippen molar-refractivity contribution in [2.45, 2.75) is 13.8 Å². The zero-order valence-electron chi connectivity index (χ0n) is 17.0. The Bertz CT molecular complexity index is 1000. The van der Waals surface area contributed by atoms with Crippen LogP contribution in [0.2, 0.25) is 0 Å². The van der Waals surface area contributed by atoms with Crippen LogP contribution < -0.4 is 15.4 Å². The van der Waals surface area contributed by atoms with Gasteiger partial charge in [0.1, 0.15) is 5.75 Å². The van der Waals surface area contributed by atoms with Crippen molar-refractivity contribution in [3.8, 4) is 5.75 Å². The molecule has 2 N–H and O–H groups in total. The first kappa shape index (κ1) is 20.9. The monoisotopic (exact) mass is 404 g/mol. The lowest BCUT2D eigenvalue weighted by Gasteiger charge is -2.11. The van der Waals surface area contributed by atoms with Crippen LogP contribution >= 0.6 is 0 Å². The van der Waals surface area contributed by atoms with Crippen LogP contribution in [0.4, 0.5) is 17.1 Å². The average molecular weight is 404 g/mol. The molecule has 6 nitrogen and oxygen atoms in total. The van der Waals surface area contributed by atoms with Gasteiger partial charge in [0.15, 0.2) is 13.2 Å². The molecule has 30 heavy (non-hydrogen) atoms. The highest BCUT2D eigenvalue weighted by Gasteiger charge is 2.10. The van der Waals surface area contributed by atoms with Crippen LogP contribution in [0.15, 0.2) is 72.8 Å². The molecule has 6 heteroatoms. The maximum absolute atomic E-state index is 12.0. The fourth-order valence-corrected chi connectivity index (χ4v) is 2.73. The van der Waals surface area contributed by atoms with Gasteiger partial charge >= 0.3 is 5.97 Å².